The number of anilines is 1. The standard InChI is InChI=1S/C22H16Cl2IN3O3/c23-18-4-2-1-3-14(18)11-28-12-19(24)21(27-28)26-22(29)20-10-9-17(31-20)13-30-16-7-5-15(25)6-8-16/h1-10,12H,11,13H2,(H,26,27,29). The lowest BCUT2D eigenvalue weighted by Crippen LogP contribution is -2.12. The highest BCUT2D eigenvalue weighted by Crippen LogP contribution is 2.23. The van der Waals surface area contributed by atoms with Gasteiger partial charge < -0.3 is 14.5 Å². The van der Waals surface area contributed by atoms with E-state index in [9.17, 15) is 4.79 Å². The molecule has 2 aromatic heterocycles. The summed E-state index contributed by atoms with van der Waals surface area (Å²) >= 11 is 14.7. The summed E-state index contributed by atoms with van der Waals surface area (Å²) in [6, 6.07) is 18.4. The Balaban J connectivity index is 1.38. The van der Waals surface area contributed by atoms with Crippen LogP contribution < -0.4 is 10.1 Å². The second-order valence-corrected chi connectivity index (χ2v) is 8.64. The predicted octanol–water partition coefficient (Wildman–Crippen LogP) is 6.27. The van der Waals surface area contributed by atoms with Gasteiger partial charge in [0.05, 0.1) is 6.54 Å². The Morgan fingerprint density at radius 3 is 2.61 bits per heavy atom. The van der Waals surface area contributed by atoms with Gasteiger partial charge in [0, 0.05) is 14.8 Å². The summed E-state index contributed by atoms with van der Waals surface area (Å²) < 4.78 is 14.0. The smallest absolute Gasteiger partial charge is 0.292 e. The molecule has 0 atom stereocenters. The van der Waals surface area contributed by atoms with E-state index in [1.165, 1.54) is 0 Å². The van der Waals surface area contributed by atoms with E-state index in [-0.39, 0.29) is 18.2 Å². The number of nitrogens with zero attached hydrogens (tertiary/aromatic N) is 2. The third-order valence-electron chi connectivity index (χ3n) is 4.32. The van der Waals surface area contributed by atoms with Gasteiger partial charge in [-0.25, -0.2) is 0 Å². The highest BCUT2D eigenvalue weighted by atomic mass is 127. The van der Waals surface area contributed by atoms with E-state index >= 15 is 0 Å². The molecule has 31 heavy (non-hydrogen) atoms. The lowest BCUT2D eigenvalue weighted by atomic mass is 10.2. The fraction of sp³-hybridized carbons (Fsp3) is 0.0909. The first-order valence-electron chi connectivity index (χ1n) is 9.23. The topological polar surface area (TPSA) is 69.3 Å². The molecule has 0 saturated heterocycles. The zero-order valence-corrected chi connectivity index (χ0v) is 19.7. The van der Waals surface area contributed by atoms with Crippen molar-refractivity contribution in [2.75, 3.05) is 5.32 Å². The largest absolute Gasteiger partial charge is 0.486 e. The highest BCUT2D eigenvalue weighted by Gasteiger charge is 2.16. The van der Waals surface area contributed by atoms with Gasteiger partial charge in [0.25, 0.3) is 5.91 Å². The highest BCUT2D eigenvalue weighted by molar-refractivity contribution is 14.1. The lowest BCUT2D eigenvalue weighted by Gasteiger charge is -2.04. The van der Waals surface area contributed by atoms with Crippen LogP contribution in [0, 0.1) is 3.57 Å². The summed E-state index contributed by atoms with van der Waals surface area (Å²) in [4.78, 5) is 12.5. The summed E-state index contributed by atoms with van der Waals surface area (Å²) in [5.74, 6) is 1.17. The minimum Gasteiger partial charge on any atom is -0.486 e. The van der Waals surface area contributed by atoms with Crippen molar-refractivity contribution in [1.29, 1.82) is 0 Å². The number of aromatic nitrogens is 2. The molecule has 4 aromatic rings. The Morgan fingerprint density at radius 1 is 1.06 bits per heavy atom. The number of amides is 1. The van der Waals surface area contributed by atoms with Crippen LogP contribution in [-0.2, 0) is 13.2 Å². The number of carbonyl (C=O) groups excluding carboxylic acids is 1. The van der Waals surface area contributed by atoms with Crippen molar-refractivity contribution in [3.63, 3.8) is 0 Å². The Kier molecular flexibility index (Phi) is 6.84. The van der Waals surface area contributed by atoms with Crippen molar-refractivity contribution in [3.05, 3.63) is 97.6 Å². The first-order valence-corrected chi connectivity index (χ1v) is 11.1. The van der Waals surface area contributed by atoms with Gasteiger partial charge in [0.1, 0.15) is 23.1 Å². The first kappa shape index (κ1) is 21.7. The number of ether oxygens (including phenoxy) is 1. The maximum atomic E-state index is 12.5. The number of carbonyl (C=O) groups is 1. The van der Waals surface area contributed by atoms with Crippen LogP contribution in [0.1, 0.15) is 21.9 Å². The molecule has 6 nitrogen and oxygen atoms in total. The quantitative estimate of drug-likeness (QED) is 0.267. The molecular formula is C22H16Cl2IN3O3. The second-order valence-electron chi connectivity index (χ2n) is 6.58. The first-order chi connectivity index (χ1) is 15.0. The number of hydrogen-bond donors (Lipinski definition) is 1. The maximum absolute atomic E-state index is 12.5. The molecule has 2 aromatic carbocycles. The minimum absolute atomic E-state index is 0.137. The molecule has 0 aliphatic rings. The molecule has 2 heterocycles. The van der Waals surface area contributed by atoms with E-state index in [1.54, 1.807) is 29.1 Å². The average Bonchev–Trinajstić information content (AvgIpc) is 3.36. The van der Waals surface area contributed by atoms with E-state index in [2.05, 4.69) is 33.0 Å². The average molecular weight is 568 g/mol. The van der Waals surface area contributed by atoms with Gasteiger partial charge in [-0.1, -0.05) is 41.4 Å². The SMILES string of the molecule is O=C(Nc1nn(Cc2ccccc2Cl)cc1Cl)c1ccc(COc2ccc(I)cc2)o1. The molecule has 0 radical (unpaired) electrons. The van der Waals surface area contributed by atoms with Gasteiger partial charge in [-0.15, -0.1) is 0 Å². The number of rotatable bonds is 7. The normalized spacial score (nSPS) is 10.8. The van der Waals surface area contributed by atoms with Crippen molar-refractivity contribution in [3.8, 4) is 5.75 Å². The Bertz CT molecular complexity index is 1200. The Morgan fingerprint density at radius 2 is 1.84 bits per heavy atom. The van der Waals surface area contributed by atoms with E-state index in [4.69, 9.17) is 32.4 Å². The van der Waals surface area contributed by atoms with Gasteiger partial charge in [0.15, 0.2) is 11.6 Å². The van der Waals surface area contributed by atoms with Crippen LogP contribution in [0.4, 0.5) is 5.82 Å². The van der Waals surface area contributed by atoms with Crippen molar-refractivity contribution in [2.24, 2.45) is 0 Å². The van der Waals surface area contributed by atoms with E-state index < -0.39 is 5.91 Å². The van der Waals surface area contributed by atoms with Gasteiger partial charge in [-0.05, 0) is 70.6 Å². The molecule has 4 rings (SSSR count). The lowest BCUT2D eigenvalue weighted by molar-refractivity contribution is 0.0992. The predicted molar refractivity (Wildman–Crippen MR) is 128 cm³/mol. The molecule has 0 fully saturated rings. The van der Waals surface area contributed by atoms with Crippen LogP contribution in [0.25, 0.3) is 0 Å². The van der Waals surface area contributed by atoms with Crippen molar-refractivity contribution < 1.29 is 13.9 Å². The molecule has 0 unspecified atom stereocenters. The molecule has 158 valence electrons. The van der Waals surface area contributed by atoms with Crippen LogP contribution >= 0.6 is 45.8 Å². The number of benzene rings is 2. The number of furan rings is 1. The summed E-state index contributed by atoms with van der Waals surface area (Å²) in [5.41, 5.74) is 0.894. The zero-order chi connectivity index (χ0) is 21.8. The van der Waals surface area contributed by atoms with Gasteiger partial charge in [-0.2, -0.15) is 5.10 Å². The van der Waals surface area contributed by atoms with E-state index in [1.807, 2.05) is 42.5 Å². The van der Waals surface area contributed by atoms with Crippen molar-refractivity contribution >= 4 is 57.5 Å². The fourth-order valence-electron chi connectivity index (χ4n) is 2.80. The van der Waals surface area contributed by atoms with Crippen LogP contribution in [0.2, 0.25) is 10.0 Å². The fourth-order valence-corrected chi connectivity index (χ4v) is 3.55. The van der Waals surface area contributed by atoms with Gasteiger partial charge >= 0.3 is 0 Å². The summed E-state index contributed by atoms with van der Waals surface area (Å²) in [5, 5.41) is 7.95. The monoisotopic (exact) mass is 567 g/mol. The van der Waals surface area contributed by atoms with Crippen LogP contribution in [0.15, 0.2) is 71.3 Å². The number of nitrogens with one attached hydrogen (secondary N) is 1. The number of hydrogen-bond acceptors (Lipinski definition) is 4. The molecule has 0 aliphatic carbocycles. The molecular weight excluding hydrogens is 552 g/mol. The molecule has 0 aliphatic heterocycles. The van der Waals surface area contributed by atoms with Crippen molar-refractivity contribution in [2.45, 2.75) is 13.2 Å². The Labute approximate surface area is 202 Å². The molecule has 1 N–H and O–H groups in total. The zero-order valence-electron chi connectivity index (χ0n) is 16.0. The number of halogens is 3. The molecule has 9 heteroatoms. The van der Waals surface area contributed by atoms with Gasteiger partial charge in [-0.3, -0.25) is 9.48 Å². The summed E-state index contributed by atoms with van der Waals surface area (Å²) in [6.45, 7) is 0.636. The van der Waals surface area contributed by atoms with Crippen LogP contribution in [0.3, 0.4) is 0 Å². The third kappa shape index (κ3) is 5.61. The van der Waals surface area contributed by atoms with Crippen LogP contribution in [-0.4, -0.2) is 15.7 Å². The minimum atomic E-state index is -0.453. The summed E-state index contributed by atoms with van der Waals surface area (Å²) in [6.07, 6.45) is 1.63. The maximum Gasteiger partial charge on any atom is 0.292 e. The molecule has 0 spiro atoms. The molecule has 1 amide bonds. The van der Waals surface area contributed by atoms with Crippen molar-refractivity contribution in [1.82, 2.24) is 9.78 Å². The van der Waals surface area contributed by atoms with E-state index in [0.717, 1.165) is 14.9 Å². The third-order valence-corrected chi connectivity index (χ3v) is 5.68. The Hall–Kier alpha value is -2.49. The van der Waals surface area contributed by atoms with Gasteiger partial charge in [0.2, 0.25) is 0 Å². The second kappa shape index (κ2) is 9.76. The molecule has 0 bridgehead atoms. The summed E-state index contributed by atoms with van der Waals surface area (Å²) in [7, 11) is 0. The molecule has 0 saturated carbocycles. The van der Waals surface area contributed by atoms with Crippen LogP contribution in [0.5, 0.6) is 5.75 Å². The van der Waals surface area contributed by atoms with E-state index in [0.29, 0.717) is 22.4 Å².